The largest absolute Gasteiger partial charge is 0.507 e. The van der Waals surface area contributed by atoms with Gasteiger partial charge in [0.05, 0.1) is 12.0 Å². The van der Waals surface area contributed by atoms with E-state index in [2.05, 4.69) is 0 Å². The molecule has 1 aromatic rings. The molecule has 0 heterocycles. The van der Waals surface area contributed by atoms with Crippen molar-refractivity contribution >= 4 is 29.4 Å². The minimum atomic E-state index is -1.58. The zero-order valence-electron chi connectivity index (χ0n) is 9.46. The van der Waals surface area contributed by atoms with Crippen LogP contribution in [0.1, 0.15) is 16.8 Å². The second-order valence-electron chi connectivity index (χ2n) is 3.62. The minimum Gasteiger partial charge on any atom is -0.507 e. The van der Waals surface area contributed by atoms with Crippen LogP contribution in [-0.2, 0) is 9.59 Å². The highest BCUT2D eigenvalue weighted by molar-refractivity contribution is 6.30. The fourth-order valence-corrected chi connectivity index (χ4v) is 1.47. The molecule has 19 heavy (non-hydrogen) atoms. The average Bonchev–Trinajstić information content (AvgIpc) is 2.26. The summed E-state index contributed by atoms with van der Waals surface area (Å²) in [7, 11) is 0. The number of aliphatic carboxylic acids is 2. The quantitative estimate of drug-likeness (QED) is 0.632. The van der Waals surface area contributed by atoms with Gasteiger partial charge in [-0.3, -0.25) is 9.59 Å². The molecule has 1 amide bonds. The molecule has 0 radical (unpaired) electrons. The summed E-state index contributed by atoms with van der Waals surface area (Å²) in [5.41, 5.74) is -0.193. The van der Waals surface area contributed by atoms with E-state index in [0.717, 1.165) is 6.07 Å². The van der Waals surface area contributed by atoms with Crippen LogP contribution in [0.2, 0.25) is 5.02 Å². The highest BCUT2D eigenvalue weighted by atomic mass is 35.5. The first-order valence-corrected chi connectivity index (χ1v) is 5.43. The number of carbonyl (C=O) groups is 3. The van der Waals surface area contributed by atoms with E-state index >= 15 is 0 Å². The number of rotatable bonds is 5. The SMILES string of the molecule is O=C(O)CC(NC(=O)c1ccc(Cl)cc1O)C(=O)O. The topological polar surface area (TPSA) is 124 Å². The number of amides is 1. The number of hydrogen-bond donors (Lipinski definition) is 4. The van der Waals surface area contributed by atoms with Crippen LogP contribution in [-0.4, -0.2) is 39.2 Å². The number of carboxylic acids is 2. The van der Waals surface area contributed by atoms with Gasteiger partial charge in [-0.15, -0.1) is 0 Å². The van der Waals surface area contributed by atoms with Crippen LogP contribution in [0, 0.1) is 0 Å². The summed E-state index contributed by atoms with van der Waals surface area (Å²) in [5.74, 6) is -4.18. The first kappa shape index (κ1) is 14.8. The standard InChI is InChI=1S/C11H10ClNO6/c12-5-1-2-6(8(14)3-5)10(17)13-7(11(18)19)4-9(15)16/h1-3,7,14H,4H2,(H,13,17)(H,15,16)(H,18,19). The highest BCUT2D eigenvalue weighted by Crippen LogP contribution is 2.21. The second kappa shape index (κ2) is 6.05. The molecule has 0 saturated carbocycles. The lowest BCUT2D eigenvalue weighted by Gasteiger charge is -2.13. The molecule has 0 aliphatic rings. The number of phenolic OH excluding ortho intramolecular Hbond substituents is 1. The van der Waals surface area contributed by atoms with E-state index in [1.54, 1.807) is 0 Å². The van der Waals surface area contributed by atoms with Gasteiger partial charge in [0.2, 0.25) is 0 Å². The Balaban J connectivity index is 2.87. The Bertz CT molecular complexity index is 530. The van der Waals surface area contributed by atoms with Crippen molar-refractivity contribution in [3.63, 3.8) is 0 Å². The lowest BCUT2D eigenvalue weighted by molar-refractivity contribution is -0.145. The summed E-state index contributed by atoms with van der Waals surface area (Å²) < 4.78 is 0. The monoisotopic (exact) mass is 287 g/mol. The first-order chi connectivity index (χ1) is 8.81. The van der Waals surface area contributed by atoms with Gasteiger partial charge in [-0.05, 0) is 18.2 Å². The van der Waals surface area contributed by atoms with Gasteiger partial charge in [-0.2, -0.15) is 0 Å². The number of phenols is 1. The fourth-order valence-electron chi connectivity index (χ4n) is 1.31. The maximum atomic E-state index is 11.7. The third-order valence-electron chi connectivity index (χ3n) is 2.19. The Labute approximate surface area is 112 Å². The number of halogens is 1. The Morgan fingerprint density at radius 3 is 2.37 bits per heavy atom. The average molecular weight is 288 g/mol. The van der Waals surface area contributed by atoms with Crippen LogP contribution < -0.4 is 5.32 Å². The van der Waals surface area contributed by atoms with Crippen molar-refractivity contribution in [3.05, 3.63) is 28.8 Å². The second-order valence-corrected chi connectivity index (χ2v) is 4.06. The zero-order chi connectivity index (χ0) is 14.6. The molecule has 0 aliphatic heterocycles. The fraction of sp³-hybridized carbons (Fsp3) is 0.182. The lowest BCUT2D eigenvalue weighted by atomic mass is 10.1. The summed E-state index contributed by atoms with van der Waals surface area (Å²) in [6, 6.07) is 2.07. The minimum absolute atomic E-state index is 0.193. The molecule has 0 bridgehead atoms. The van der Waals surface area contributed by atoms with Crippen molar-refractivity contribution in [2.75, 3.05) is 0 Å². The van der Waals surface area contributed by atoms with Crippen molar-refractivity contribution in [1.29, 1.82) is 0 Å². The maximum Gasteiger partial charge on any atom is 0.326 e. The normalized spacial score (nSPS) is 11.6. The van der Waals surface area contributed by atoms with Gasteiger partial charge >= 0.3 is 11.9 Å². The summed E-state index contributed by atoms with van der Waals surface area (Å²) in [6.45, 7) is 0. The van der Waals surface area contributed by atoms with Gasteiger partial charge in [0.1, 0.15) is 11.8 Å². The number of benzene rings is 1. The van der Waals surface area contributed by atoms with Gasteiger partial charge in [-0.25, -0.2) is 4.79 Å². The van der Waals surface area contributed by atoms with E-state index in [1.165, 1.54) is 12.1 Å². The van der Waals surface area contributed by atoms with Crippen molar-refractivity contribution in [1.82, 2.24) is 5.32 Å². The lowest BCUT2D eigenvalue weighted by Crippen LogP contribution is -2.42. The van der Waals surface area contributed by atoms with E-state index in [-0.39, 0.29) is 10.6 Å². The molecule has 0 aromatic heterocycles. The molecule has 0 saturated heterocycles. The van der Waals surface area contributed by atoms with Crippen LogP contribution in [0.4, 0.5) is 0 Å². The zero-order valence-corrected chi connectivity index (χ0v) is 10.2. The number of hydrogen-bond acceptors (Lipinski definition) is 4. The smallest absolute Gasteiger partial charge is 0.326 e. The third-order valence-corrected chi connectivity index (χ3v) is 2.42. The number of aromatic hydroxyl groups is 1. The van der Waals surface area contributed by atoms with Crippen LogP contribution in [0.5, 0.6) is 5.75 Å². The molecule has 1 rings (SSSR count). The van der Waals surface area contributed by atoms with Crippen molar-refractivity contribution < 1.29 is 29.7 Å². The Morgan fingerprint density at radius 1 is 1.26 bits per heavy atom. The van der Waals surface area contributed by atoms with Gasteiger partial charge in [0.15, 0.2) is 0 Å². The van der Waals surface area contributed by atoms with Gasteiger partial charge in [0.25, 0.3) is 5.91 Å². The third kappa shape index (κ3) is 4.14. The molecular weight excluding hydrogens is 278 g/mol. The Kier molecular flexibility index (Phi) is 4.71. The van der Waals surface area contributed by atoms with Crippen molar-refractivity contribution in [2.45, 2.75) is 12.5 Å². The molecule has 0 spiro atoms. The maximum absolute atomic E-state index is 11.7. The predicted molar refractivity (Wildman–Crippen MR) is 64.3 cm³/mol. The van der Waals surface area contributed by atoms with Gasteiger partial charge in [0, 0.05) is 5.02 Å². The molecule has 1 unspecified atom stereocenters. The number of carbonyl (C=O) groups excluding carboxylic acids is 1. The van der Waals surface area contributed by atoms with Gasteiger partial charge in [-0.1, -0.05) is 11.6 Å². The van der Waals surface area contributed by atoms with E-state index in [1.807, 2.05) is 5.32 Å². The van der Waals surface area contributed by atoms with Gasteiger partial charge < -0.3 is 20.6 Å². The number of nitrogens with one attached hydrogen (secondary N) is 1. The molecule has 102 valence electrons. The van der Waals surface area contributed by atoms with Crippen molar-refractivity contribution in [3.8, 4) is 5.75 Å². The summed E-state index contributed by atoms with van der Waals surface area (Å²) >= 11 is 5.58. The Hall–Kier alpha value is -2.28. The molecule has 1 atom stereocenters. The molecule has 7 nitrogen and oxygen atoms in total. The first-order valence-electron chi connectivity index (χ1n) is 5.05. The molecule has 8 heteroatoms. The number of carboxylic acid groups (broad SMARTS) is 2. The van der Waals surface area contributed by atoms with E-state index in [4.69, 9.17) is 21.8 Å². The summed E-state index contributed by atoms with van der Waals surface area (Å²) in [5, 5.41) is 29.0. The molecule has 1 aromatic carbocycles. The van der Waals surface area contributed by atoms with E-state index < -0.39 is 36.1 Å². The molecular formula is C11H10ClNO6. The highest BCUT2D eigenvalue weighted by Gasteiger charge is 2.24. The molecule has 0 fully saturated rings. The van der Waals surface area contributed by atoms with E-state index in [0.29, 0.717) is 0 Å². The van der Waals surface area contributed by atoms with Crippen LogP contribution in [0.25, 0.3) is 0 Å². The van der Waals surface area contributed by atoms with Crippen LogP contribution in [0.15, 0.2) is 18.2 Å². The summed E-state index contributed by atoms with van der Waals surface area (Å²) in [6.07, 6.45) is -0.768. The predicted octanol–water partition coefficient (Wildman–Crippen LogP) is 0.703. The Morgan fingerprint density at radius 2 is 1.89 bits per heavy atom. The van der Waals surface area contributed by atoms with Crippen LogP contribution in [0.3, 0.4) is 0 Å². The summed E-state index contributed by atoms with van der Waals surface area (Å²) in [4.78, 5) is 32.9. The van der Waals surface area contributed by atoms with Crippen LogP contribution >= 0.6 is 11.6 Å². The van der Waals surface area contributed by atoms with Crippen molar-refractivity contribution in [2.24, 2.45) is 0 Å². The molecule has 4 N–H and O–H groups in total. The molecule has 0 aliphatic carbocycles. The van der Waals surface area contributed by atoms with E-state index in [9.17, 15) is 19.5 Å².